The third kappa shape index (κ3) is 4.19. The Bertz CT molecular complexity index is 747. The third-order valence-corrected chi connectivity index (χ3v) is 3.58. The molecule has 0 aliphatic heterocycles. The maximum atomic E-state index is 11.3. The smallest absolute Gasteiger partial charge is 0.313 e. The van der Waals surface area contributed by atoms with Crippen molar-refractivity contribution < 1.29 is 9.90 Å². The number of carboxylic acid groups (broad SMARTS) is 1. The molecule has 1 N–H and O–H groups in total. The van der Waals surface area contributed by atoms with Crippen molar-refractivity contribution in [2.75, 3.05) is 5.75 Å². The molecule has 1 heterocycles. The van der Waals surface area contributed by atoms with Gasteiger partial charge < -0.3 is 9.67 Å². The van der Waals surface area contributed by atoms with Crippen LogP contribution in [-0.4, -0.2) is 26.4 Å². The van der Waals surface area contributed by atoms with Crippen molar-refractivity contribution in [3.05, 3.63) is 58.0 Å². The van der Waals surface area contributed by atoms with Gasteiger partial charge in [0.05, 0.1) is 17.4 Å². The minimum atomic E-state index is -0.969. The summed E-state index contributed by atoms with van der Waals surface area (Å²) < 4.78 is 1.70. The zero-order valence-electron chi connectivity index (χ0n) is 10.9. The van der Waals surface area contributed by atoms with Crippen LogP contribution in [0, 0.1) is 11.3 Å². The van der Waals surface area contributed by atoms with Gasteiger partial charge in [-0.05, 0) is 17.7 Å². The van der Waals surface area contributed by atoms with Gasteiger partial charge in [0.25, 0.3) is 5.56 Å². The van der Waals surface area contributed by atoms with E-state index >= 15 is 0 Å². The highest BCUT2D eigenvalue weighted by molar-refractivity contribution is 7.99. The molecule has 0 spiro atoms. The van der Waals surface area contributed by atoms with Crippen molar-refractivity contribution in [2.24, 2.45) is 0 Å². The zero-order chi connectivity index (χ0) is 15.2. The van der Waals surface area contributed by atoms with Crippen LogP contribution in [-0.2, 0) is 11.3 Å². The van der Waals surface area contributed by atoms with Gasteiger partial charge in [0.15, 0.2) is 5.16 Å². The summed E-state index contributed by atoms with van der Waals surface area (Å²) in [6.07, 6.45) is 1.58. The first-order chi connectivity index (χ1) is 10.1. The number of thioether (sulfide) groups is 1. The Labute approximate surface area is 124 Å². The molecule has 0 amide bonds. The van der Waals surface area contributed by atoms with Crippen molar-refractivity contribution in [3.8, 4) is 6.07 Å². The second-order valence-corrected chi connectivity index (χ2v) is 5.11. The number of aliphatic carboxylic acids is 1. The number of rotatable bonds is 5. The maximum absolute atomic E-state index is 11.3. The molecule has 1 aromatic heterocycles. The standard InChI is InChI=1S/C14H11N3O3S/c15-7-10-1-3-11(4-2-10)8-17-6-5-12(18)16-14(17)21-9-13(19)20/h1-6H,8-9H2,(H,19,20). The van der Waals surface area contributed by atoms with Crippen LogP contribution in [0.3, 0.4) is 0 Å². The molecule has 0 fully saturated rings. The minimum absolute atomic E-state index is 0.163. The molecule has 7 heteroatoms. The van der Waals surface area contributed by atoms with E-state index in [0.717, 1.165) is 17.3 Å². The molecule has 0 bridgehead atoms. The molecule has 0 unspecified atom stereocenters. The maximum Gasteiger partial charge on any atom is 0.313 e. The van der Waals surface area contributed by atoms with Gasteiger partial charge in [-0.3, -0.25) is 9.59 Å². The first kappa shape index (κ1) is 14.8. The van der Waals surface area contributed by atoms with Gasteiger partial charge in [-0.1, -0.05) is 23.9 Å². The van der Waals surface area contributed by atoms with Crippen LogP contribution in [0.15, 0.2) is 46.5 Å². The predicted octanol–water partition coefficient (Wildman–Crippen LogP) is 1.34. The molecule has 2 aromatic rings. The van der Waals surface area contributed by atoms with Crippen molar-refractivity contribution in [3.63, 3.8) is 0 Å². The molecule has 0 aliphatic carbocycles. The van der Waals surface area contributed by atoms with Crippen LogP contribution in [0.4, 0.5) is 0 Å². The molecular formula is C14H11N3O3S. The SMILES string of the molecule is N#Cc1ccc(Cn2ccc(=O)nc2SCC(=O)O)cc1. The summed E-state index contributed by atoms with van der Waals surface area (Å²) >= 11 is 0.996. The fraction of sp³-hybridized carbons (Fsp3) is 0.143. The number of carboxylic acids is 1. The molecule has 0 atom stereocenters. The van der Waals surface area contributed by atoms with E-state index < -0.39 is 11.5 Å². The van der Waals surface area contributed by atoms with Gasteiger partial charge in [-0.2, -0.15) is 10.2 Å². The number of nitriles is 1. The van der Waals surface area contributed by atoms with E-state index in [2.05, 4.69) is 4.98 Å². The van der Waals surface area contributed by atoms with Crippen molar-refractivity contribution in [1.29, 1.82) is 5.26 Å². The highest BCUT2D eigenvalue weighted by Gasteiger charge is 2.07. The largest absolute Gasteiger partial charge is 0.481 e. The van der Waals surface area contributed by atoms with Gasteiger partial charge in [-0.25, -0.2) is 0 Å². The quantitative estimate of drug-likeness (QED) is 0.661. The number of nitrogens with zero attached hydrogens (tertiary/aromatic N) is 3. The Morgan fingerprint density at radius 3 is 2.67 bits per heavy atom. The Kier molecular flexibility index (Phi) is 4.74. The fourth-order valence-corrected chi connectivity index (χ4v) is 2.35. The van der Waals surface area contributed by atoms with E-state index in [1.54, 1.807) is 22.9 Å². The van der Waals surface area contributed by atoms with Gasteiger partial charge in [0.2, 0.25) is 0 Å². The number of hydrogen-bond donors (Lipinski definition) is 1. The lowest BCUT2D eigenvalue weighted by atomic mass is 10.1. The summed E-state index contributed by atoms with van der Waals surface area (Å²) in [6.45, 7) is 0.445. The van der Waals surface area contributed by atoms with Gasteiger partial charge in [-0.15, -0.1) is 0 Å². The average Bonchev–Trinajstić information content (AvgIpc) is 2.48. The number of aromatic nitrogens is 2. The van der Waals surface area contributed by atoms with Crippen LogP contribution in [0.2, 0.25) is 0 Å². The fourth-order valence-electron chi connectivity index (χ4n) is 1.66. The Morgan fingerprint density at radius 1 is 1.33 bits per heavy atom. The molecular weight excluding hydrogens is 290 g/mol. The van der Waals surface area contributed by atoms with Crippen molar-refractivity contribution >= 4 is 17.7 Å². The Hall–Kier alpha value is -2.59. The highest BCUT2D eigenvalue weighted by atomic mass is 32.2. The summed E-state index contributed by atoms with van der Waals surface area (Å²) in [6, 6.07) is 10.4. The number of carbonyl (C=O) groups is 1. The average molecular weight is 301 g/mol. The van der Waals surface area contributed by atoms with Gasteiger partial charge in [0.1, 0.15) is 0 Å². The summed E-state index contributed by atoms with van der Waals surface area (Å²) in [5.74, 6) is -1.13. The number of benzene rings is 1. The Morgan fingerprint density at radius 2 is 2.05 bits per heavy atom. The number of hydrogen-bond acceptors (Lipinski definition) is 5. The van der Waals surface area contributed by atoms with E-state index in [1.807, 2.05) is 18.2 Å². The highest BCUT2D eigenvalue weighted by Crippen LogP contribution is 2.15. The summed E-state index contributed by atoms with van der Waals surface area (Å²) in [7, 11) is 0. The van der Waals surface area contributed by atoms with Crippen molar-refractivity contribution in [2.45, 2.75) is 11.7 Å². The van der Waals surface area contributed by atoms with E-state index in [1.165, 1.54) is 6.07 Å². The first-order valence-corrected chi connectivity index (χ1v) is 6.98. The minimum Gasteiger partial charge on any atom is -0.481 e. The van der Waals surface area contributed by atoms with E-state index in [9.17, 15) is 9.59 Å². The zero-order valence-corrected chi connectivity index (χ0v) is 11.7. The van der Waals surface area contributed by atoms with E-state index in [-0.39, 0.29) is 5.75 Å². The normalized spacial score (nSPS) is 10.0. The van der Waals surface area contributed by atoms with Crippen LogP contribution in [0.5, 0.6) is 0 Å². The second-order valence-electron chi connectivity index (χ2n) is 4.17. The summed E-state index contributed by atoms with van der Waals surface area (Å²) in [5.41, 5.74) is 1.09. The third-order valence-electron chi connectivity index (χ3n) is 2.61. The molecule has 0 saturated heterocycles. The lowest BCUT2D eigenvalue weighted by molar-refractivity contribution is -0.133. The molecule has 0 saturated carbocycles. The molecule has 21 heavy (non-hydrogen) atoms. The molecule has 106 valence electrons. The molecule has 0 radical (unpaired) electrons. The molecule has 6 nitrogen and oxygen atoms in total. The van der Waals surface area contributed by atoms with Crippen LogP contribution in [0.1, 0.15) is 11.1 Å². The van der Waals surface area contributed by atoms with Gasteiger partial charge in [0, 0.05) is 18.8 Å². The first-order valence-electron chi connectivity index (χ1n) is 5.99. The molecule has 2 rings (SSSR count). The second kappa shape index (κ2) is 6.72. The lowest BCUT2D eigenvalue weighted by Gasteiger charge is -2.11. The van der Waals surface area contributed by atoms with E-state index in [0.29, 0.717) is 17.3 Å². The molecule has 0 aliphatic rings. The Balaban J connectivity index is 2.23. The van der Waals surface area contributed by atoms with Crippen LogP contribution < -0.4 is 5.56 Å². The topological polar surface area (TPSA) is 96.0 Å². The summed E-state index contributed by atoms with van der Waals surface area (Å²) in [4.78, 5) is 25.8. The van der Waals surface area contributed by atoms with Crippen LogP contribution >= 0.6 is 11.8 Å². The van der Waals surface area contributed by atoms with Crippen molar-refractivity contribution in [1.82, 2.24) is 9.55 Å². The monoisotopic (exact) mass is 301 g/mol. The van der Waals surface area contributed by atoms with E-state index in [4.69, 9.17) is 10.4 Å². The van der Waals surface area contributed by atoms with Crippen LogP contribution in [0.25, 0.3) is 0 Å². The molecule has 1 aromatic carbocycles. The predicted molar refractivity (Wildman–Crippen MR) is 77.1 cm³/mol. The summed E-state index contributed by atoms with van der Waals surface area (Å²) in [5, 5.41) is 17.8. The lowest BCUT2D eigenvalue weighted by Crippen LogP contribution is -2.14. The van der Waals surface area contributed by atoms with Gasteiger partial charge >= 0.3 is 5.97 Å².